The lowest BCUT2D eigenvalue weighted by molar-refractivity contribution is 0.0594. The maximum atomic E-state index is 5.39. The average molecular weight is 197 g/mol. The van der Waals surface area contributed by atoms with Gasteiger partial charge in [0.15, 0.2) is 0 Å². The molecule has 1 unspecified atom stereocenters. The molecule has 0 aromatic carbocycles. The number of nitrogen functional groups attached to an aromatic ring is 1. The van der Waals surface area contributed by atoms with Crippen molar-refractivity contribution in [2.75, 3.05) is 30.8 Å². The van der Waals surface area contributed by atoms with Crippen molar-refractivity contribution in [1.29, 1.82) is 0 Å². The van der Waals surface area contributed by atoms with Gasteiger partial charge in [-0.1, -0.05) is 0 Å². The normalized spacial score (nSPS) is 22.1. The average Bonchev–Trinajstić information content (AvgIpc) is 2.63. The number of hydrogen-bond acceptors (Lipinski definition) is 5. The molecule has 1 aliphatic heterocycles. The molecule has 14 heavy (non-hydrogen) atoms. The molecule has 78 valence electrons. The first-order valence-electron chi connectivity index (χ1n) is 4.84. The highest BCUT2D eigenvalue weighted by Crippen LogP contribution is 2.13. The third kappa shape index (κ3) is 2.35. The summed E-state index contributed by atoms with van der Waals surface area (Å²) in [6.07, 6.45) is 2.34. The van der Waals surface area contributed by atoms with E-state index in [1.165, 1.54) is 6.42 Å². The lowest BCUT2D eigenvalue weighted by Gasteiger charge is -2.21. The summed E-state index contributed by atoms with van der Waals surface area (Å²) in [4.78, 5) is 3.95. The van der Waals surface area contributed by atoms with E-state index >= 15 is 0 Å². The topological polar surface area (TPSA) is 88.8 Å². The van der Waals surface area contributed by atoms with E-state index in [1.807, 2.05) is 0 Å². The predicted molar refractivity (Wildman–Crippen MR) is 52.8 cm³/mol. The minimum atomic E-state index is 0.340. The molecule has 4 N–H and O–H groups in total. The smallest absolute Gasteiger partial charge is 0.243 e. The second-order valence-corrected chi connectivity index (χ2v) is 3.51. The Morgan fingerprint density at radius 2 is 2.57 bits per heavy atom. The molecule has 2 rings (SSSR count). The van der Waals surface area contributed by atoms with Crippen molar-refractivity contribution >= 4 is 11.9 Å². The van der Waals surface area contributed by atoms with E-state index in [-0.39, 0.29) is 0 Å². The number of aromatic amines is 1. The van der Waals surface area contributed by atoms with E-state index in [9.17, 15) is 0 Å². The Kier molecular flexibility index (Phi) is 2.83. The Morgan fingerprint density at radius 1 is 1.64 bits per heavy atom. The van der Waals surface area contributed by atoms with Gasteiger partial charge >= 0.3 is 0 Å². The molecule has 0 bridgehead atoms. The molecule has 0 radical (unpaired) electrons. The van der Waals surface area contributed by atoms with Crippen LogP contribution < -0.4 is 11.1 Å². The van der Waals surface area contributed by atoms with Crippen LogP contribution in [0.4, 0.5) is 11.9 Å². The third-order valence-electron chi connectivity index (χ3n) is 2.31. The molecule has 1 aromatic rings. The van der Waals surface area contributed by atoms with Gasteiger partial charge in [0.05, 0.1) is 6.61 Å². The maximum Gasteiger partial charge on any atom is 0.243 e. The van der Waals surface area contributed by atoms with Crippen LogP contribution in [0.1, 0.15) is 12.8 Å². The summed E-state index contributed by atoms with van der Waals surface area (Å²) >= 11 is 0. The van der Waals surface area contributed by atoms with Crippen molar-refractivity contribution in [1.82, 2.24) is 15.2 Å². The van der Waals surface area contributed by atoms with Crippen LogP contribution in [0, 0.1) is 5.92 Å². The first-order valence-corrected chi connectivity index (χ1v) is 4.84. The highest BCUT2D eigenvalue weighted by atomic mass is 16.5. The molecule has 0 saturated carbocycles. The van der Waals surface area contributed by atoms with Crippen molar-refractivity contribution in [2.24, 2.45) is 5.92 Å². The van der Waals surface area contributed by atoms with Gasteiger partial charge in [0, 0.05) is 13.2 Å². The number of nitrogens with two attached hydrogens (primary N) is 1. The standard InChI is InChI=1S/C8H15N5O/c9-7-11-8(13-12-7)10-4-6-2-1-3-14-5-6/h6H,1-5H2,(H4,9,10,11,12,13). The SMILES string of the molecule is Nc1nc(NCC2CCCOC2)n[nH]1. The van der Waals surface area contributed by atoms with Crippen molar-refractivity contribution in [3.8, 4) is 0 Å². The van der Waals surface area contributed by atoms with E-state index in [1.54, 1.807) is 0 Å². The number of nitrogens with one attached hydrogen (secondary N) is 2. The van der Waals surface area contributed by atoms with Gasteiger partial charge in [-0.25, -0.2) is 5.10 Å². The number of hydrogen-bond donors (Lipinski definition) is 3. The van der Waals surface area contributed by atoms with Gasteiger partial charge in [0.2, 0.25) is 11.9 Å². The van der Waals surface area contributed by atoms with Crippen molar-refractivity contribution in [3.63, 3.8) is 0 Å². The summed E-state index contributed by atoms with van der Waals surface area (Å²) in [5.41, 5.74) is 5.39. The fourth-order valence-electron chi connectivity index (χ4n) is 1.56. The van der Waals surface area contributed by atoms with Gasteiger partial charge in [0.1, 0.15) is 0 Å². The zero-order valence-corrected chi connectivity index (χ0v) is 7.99. The molecule has 6 nitrogen and oxygen atoms in total. The Bertz CT molecular complexity index is 281. The molecular formula is C8H15N5O. The number of nitrogens with zero attached hydrogens (tertiary/aromatic N) is 2. The molecule has 1 atom stereocenters. The first-order chi connectivity index (χ1) is 6.84. The molecule has 1 saturated heterocycles. The van der Waals surface area contributed by atoms with E-state index in [2.05, 4.69) is 20.5 Å². The summed E-state index contributed by atoms with van der Waals surface area (Å²) < 4.78 is 5.36. The van der Waals surface area contributed by atoms with E-state index in [0.29, 0.717) is 17.8 Å². The lowest BCUT2D eigenvalue weighted by atomic mass is 10.0. The maximum absolute atomic E-state index is 5.39. The number of rotatable bonds is 3. The molecule has 1 aromatic heterocycles. The van der Waals surface area contributed by atoms with E-state index in [4.69, 9.17) is 10.5 Å². The van der Waals surface area contributed by atoms with Crippen LogP contribution in [-0.4, -0.2) is 34.9 Å². The predicted octanol–water partition coefficient (Wildman–Crippen LogP) is 0.225. The largest absolute Gasteiger partial charge is 0.381 e. The van der Waals surface area contributed by atoms with Gasteiger partial charge in [0.25, 0.3) is 0 Å². The van der Waals surface area contributed by atoms with Crippen LogP contribution >= 0.6 is 0 Å². The van der Waals surface area contributed by atoms with Crippen molar-refractivity contribution in [2.45, 2.75) is 12.8 Å². The fraction of sp³-hybridized carbons (Fsp3) is 0.750. The summed E-state index contributed by atoms with van der Waals surface area (Å²) in [7, 11) is 0. The van der Waals surface area contributed by atoms with Gasteiger partial charge in [-0.3, -0.25) is 0 Å². The lowest BCUT2D eigenvalue weighted by Crippen LogP contribution is -2.24. The van der Waals surface area contributed by atoms with Gasteiger partial charge < -0.3 is 15.8 Å². The Balaban J connectivity index is 1.76. The van der Waals surface area contributed by atoms with Crippen LogP contribution in [-0.2, 0) is 4.74 Å². The summed E-state index contributed by atoms with van der Waals surface area (Å²) in [5, 5.41) is 9.59. The summed E-state index contributed by atoms with van der Waals surface area (Å²) in [6, 6.07) is 0. The molecule has 0 spiro atoms. The molecule has 0 amide bonds. The van der Waals surface area contributed by atoms with Crippen molar-refractivity contribution in [3.05, 3.63) is 0 Å². The van der Waals surface area contributed by atoms with Crippen LogP contribution in [0.2, 0.25) is 0 Å². The summed E-state index contributed by atoms with van der Waals surface area (Å²) in [6.45, 7) is 2.56. The van der Waals surface area contributed by atoms with E-state index < -0.39 is 0 Å². The minimum absolute atomic E-state index is 0.340. The minimum Gasteiger partial charge on any atom is -0.381 e. The number of aromatic nitrogens is 3. The monoisotopic (exact) mass is 197 g/mol. The number of H-pyrrole nitrogens is 1. The fourth-order valence-corrected chi connectivity index (χ4v) is 1.56. The number of anilines is 2. The second kappa shape index (κ2) is 4.28. The highest BCUT2D eigenvalue weighted by molar-refractivity contribution is 5.29. The summed E-state index contributed by atoms with van der Waals surface area (Å²) in [5.74, 6) is 1.46. The number of ether oxygens (including phenoxy) is 1. The van der Waals surface area contributed by atoms with Crippen LogP contribution in [0.5, 0.6) is 0 Å². The van der Waals surface area contributed by atoms with Gasteiger partial charge in [-0.15, -0.1) is 5.10 Å². The zero-order valence-electron chi connectivity index (χ0n) is 7.99. The van der Waals surface area contributed by atoms with Gasteiger partial charge in [-0.2, -0.15) is 4.98 Å². The van der Waals surface area contributed by atoms with Crippen LogP contribution in [0.3, 0.4) is 0 Å². The molecule has 1 fully saturated rings. The Labute approximate surface area is 82.2 Å². The van der Waals surface area contributed by atoms with Gasteiger partial charge in [-0.05, 0) is 18.8 Å². The Morgan fingerprint density at radius 3 is 3.21 bits per heavy atom. The molecule has 1 aliphatic rings. The van der Waals surface area contributed by atoms with E-state index in [0.717, 1.165) is 26.2 Å². The van der Waals surface area contributed by atoms with Crippen molar-refractivity contribution < 1.29 is 4.74 Å². The molecule has 2 heterocycles. The molecular weight excluding hydrogens is 182 g/mol. The zero-order chi connectivity index (χ0) is 9.80. The first kappa shape index (κ1) is 9.26. The van der Waals surface area contributed by atoms with Crippen LogP contribution in [0.25, 0.3) is 0 Å². The second-order valence-electron chi connectivity index (χ2n) is 3.51. The third-order valence-corrected chi connectivity index (χ3v) is 2.31. The quantitative estimate of drug-likeness (QED) is 0.645. The Hall–Kier alpha value is -1.30. The highest BCUT2D eigenvalue weighted by Gasteiger charge is 2.13. The molecule has 0 aliphatic carbocycles. The van der Waals surface area contributed by atoms with Crippen LogP contribution in [0.15, 0.2) is 0 Å². The molecule has 6 heteroatoms.